The Labute approximate surface area is 225 Å². The number of hydrogen-bond donors (Lipinski definition) is 0. The maximum atomic E-state index is 2.68. The van der Waals surface area contributed by atoms with E-state index >= 15 is 0 Å². The summed E-state index contributed by atoms with van der Waals surface area (Å²) in [6.07, 6.45) is 33.2. The van der Waals surface area contributed by atoms with Crippen LogP contribution in [-0.4, -0.2) is 0 Å². The van der Waals surface area contributed by atoms with E-state index in [0.717, 1.165) is 29.6 Å². The summed E-state index contributed by atoms with van der Waals surface area (Å²) in [6.45, 7) is 17.3. The highest BCUT2D eigenvalue weighted by Crippen LogP contribution is 2.40. The smallest absolute Gasteiger partial charge is 0.0360 e. The largest absolute Gasteiger partial charge is 0.0654 e. The van der Waals surface area contributed by atoms with Gasteiger partial charge in [0.1, 0.15) is 0 Å². The first kappa shape index (κ1) is 35.0. The van der Waals surface area contributed by atoms with Crippen molar-refractivity contribution in [1.82, 2.24) is 0 Å². The van der Waals surface area contributed by atoms with Crippen LogP contribution in [0.5, 0.6) is 0 Å². The molecule has 0 aliphatic heterocycles. The van der Waals surface area contributed by atoms with Gasteiger partial charge >= 0.3 is 0 Å². The number of hydrogen-bond acceptors (Lipinski definition) is 0. The van der Waals surface area contributed by atoms with Gasteiger partial charge in [-0.2, -0.15) is 0 Å². The molecule has 0 heterocycles. The summed E-state index contributed by atoms with van der Waals surface area (Å²) in [5.41, 5.74) is 0. The van der Waals surface area contributed by atoms with Crippen molar-refractivity contribution in [1.29, 1.82) is 0 Å². The van der Waals surface area contributed by atoms with E-state index in [2.05, 4.69) is 48.5 Å². The minimum Gasteiger partial charge on any atom is -0.0654 e. The molecule has 0 fully saturated rings. The van der Waals surface area contributed by atoms with Crippen LogP contribution < -0.4 is 0 Å². The van der Waals surface area contributed by atoms with E-state index in [9.17, 15) is 0 Å². The van der Waals surface area contributed by atoms with Crippen molar-refractivity contribution < 1.29 is 0 Å². The second-order valence-electron chi connectivity index (χ2n) is 12.6. The topological polar surface area (TPSA) is 0 Å². The molecule has 0 spiro atoms. The van der Waals surface area contributed by atoms with E-state index in [0.29, 0.717) is 0 Å². The molecule has 0 aromatic carbocycles. The summed E-state index contributed by atoms with van der Waals surface area (Å²) in [5, 5.41) is 0. The van der Waals surface area contributed by atoms with Crippen LogP contribution in [-0.2, 0) is 0 Å². The van der Waals surface area contributed by atoms with Gasteiger partial charge in [0.2, 0.25) is 0 Å². The Bertz CT molecular complexity index is 399. The lowest BCUT2D eigenvalue weighted by atomic mass is 9.67. The average Bonchev–Trinajstić information content (AvgIpc) is 2.85. The zero-order valence-electron chi connectivity index (χ0n) is 26.2. The van der Waals surface area contributed by atoms with Crippen molar-refractivity contribution in [2.45, 2.75) is 196 Å². The lowest BCUT2D eigenvalue weighted by Crippen LogP contribution is -2.30. The van der Waals surface area contributed by atoms with Gasteiger partial charge in [-0.1, -0.05) is 183 Å². The van der Waals surface area contributed by atoms with Crippen molar-refractivity contribution in [3.8, 4) is 0 Å². The Hall–Kier alpha value is 0. The van der Waals surface area contributed by atoms with Gasteiger partial charge < -0.3 is 0 Å². The second-order valence-corrected chi connectivity index (χ2v) is 12.6. The highest BCUT2D eigenvalue weighted by atomic mass is 14.4. The molecule has 0 saturated carbocycles. The molecule has 0 N–H and O–H groups in total. The third kappa shape index (κ3) is 18.8. The van der Waals surface area contributed by atoms with Gasteiger partial charge in [0.05, 0.1) is 0 Å². The van der Waals surface area contributed by atoms with Gasteiger partial charge in [-0.05, 0) is 42.4 Å². The van der Waals surface area contributed by atoms with E-state index in [1.807, 2.05) is 0 Å². The Kier molecular flexibility index (Phi) is 25.6. The molecule has 0 aliphatic carbocycles. The molecule has 5 atom stereocenters. The molecule has 0 heteroatoms. The minimum atomic E-state index is 0.901. The van der Waals surface area contributed by atoms with Gasteiger partial charge in [-0.3, -0.25) is 0 Å². The number of unbranched alkanes of at least 4 members (excludes halogenated alkanes) is 15. The molecule has 0 rings (SSSR count). The molecule has 0 aromatic rings. The van der Waals surface area contributed by atoms with Crippen molar-refractivity contribution >= 4 is 0 Å². The second kappa shape index (κ2) is 25.6. The minimum absolute atomic E-state index is 0.901. The Morgan fingerprint density at radius 2 is 0.600 bits per heavy atom. The van der Waals surface area contributed by atoms with Crippen LogP contribution in [0, 0.1) is 29.6 Å². The molecule has 5 unspecified atom stereocenters. The first-order valence-electron chi connectivity index (χ1n) is 17.0. The Balaban J connectivity index is 4.78. The Morgan fingerprint density at radius 1 is 0.314 bits per heavy atom. The lowest BCUT2D eigenvalue weighted by Gasteiger charge is -2.38. The van der Waals surface area contributed by atoms with Crippen LogP contribution in [0.1, 0.15) is 196 Å². The summed E-state index contributed by atoms with van der Waals surface area (Å²) in [7, 11) is 0. The molecule has 212 valence electrons. The van der Waals surface area contributed by atoms with E-state index in [1.54, 1.807) is 0 Å². The zero-order chi connectivity index (χ0) is 26.2. The van der Waals surface area contributed by atoms with Gasteiger partial charge in [0.25, 0.3) is 0 Å². The third-order valence-corrected chi connectivity index (χ3v) is 9.37. The molecule has 0 aliphatic rings. The lowest BCUT2D eigenvalue weighted by molar-refractivity contribution is 0.112. The molecule has 0 bridgehead atoms. The fourth-order valence-corrected chi connectivity index (χ4v) is 6.79. The SMILES string of the molecule is CCCCCCCCCCCC(C)C(CCCC)C(C)C(CCCCC)C(C)CCCCCCC. The van der Waals surface area contributed by atoms with Crippen molar-refractivity contribution in [3.63, 3.8) is 0 Å². The van der Waals surface area contributed by atoms with Crippen molar-refractivity contribution in [3.05, 3.63) is 0 Å². The maximum Gasteiger partial charge on any atom is -0.0360 e. The van der Waals surface area contributed by atoms with Crippen LogP contribution in [0.3, 0.4) is 0 Å². The fraction of sp³-hybridized carbons (Fsp3) is 1.00. The molecule has 0 saturated heterocycles. The van der Waals surface area contributed by atoms with Crippen LogP contribution in [0.4, 0.5) is 0 Å². The highest BCUT2D eigenvalue weighted by Gasteiger charge is 2.31. The molecular formula is C35H72. The standard InChI is InChI=1S/C35H72/c1-8-12-16-18-19-20-21-23-26-28-31(5)34(29-15-11-4)33(7)35(30-24-14-10-3)32(6)27-25-22-17-13-9-2/h31-35H,8-30H2,1-7H3. The summed E-state index contributed by atoms with van der Waals surface area (Å²) in [5.74, 6) is 4.61. The average molecular weight is 493 g/mol. The van der Waals surface area contributed by atoms with Crippen LogP contribution in [0.2, 0.25) is 0 Å². The molecule has 0 aromatic heterocycles. The zero-order valence-corrected chi connectivity index (χ0v) is 26.2. The molecular weight excluding hydrogens is 420 g/mol. The van der Waals surface area contributed by atoms with Crippen LogP contribution in [0.25, 0.3) is 0 Å². The van der Waals surface area contributed by atoms with E-state index in [4.69, 9.17) is 0 Å². The molecule has 0 radical (unpaired) electrons. The van der Waals surface area contributed by atoms with Gasteiger partial charge in [0.15, 0.2) is 0 Å². The van der Waals surface area contributed by atoms with Gasteiger partial charge in [-0.15, -0.1) is 0 Å². The quantitative estimate of drug-likeness (QED) is 0.1000. The van der Waals surface area contributed by atoms with E-state index in [1.165, 1.54) is 148 Å². The van der Waals surface area contributed by atoms with Gasteiger partial charge in [0, 0.05) is 0 Å². The van der Waals surface area contributed by atoms with E-state index < -0.39 is 0 Å². The van der Waals surface area contributed by atoms with Crippen molar-refractivity contribution in [2.75, 3.05) is 0 Å². The first-order chi connectivity index (χ1) is 17.0. The summed E-state index contributed by atoms with van der Waals surface area (Å²) in [6, 6.07) is 0. The normalized spacial score (nSPS) is 16.2. The first-order valence-corrected chi connectivity index (χ1v) is 17.0. The monoisotopic (exact) mass is 493 g/mol. The summed E-state index contributed by atoms with van der Waals surface area (Å²) in [4.78, 5) is 0. The van der Waals surface area contributed by atoms with E-state index in [-0.39, 0.29) is 0 Å². The van der Waals surface area contributed by atoms with Crippen molar-refractivity contribution in [2.24, 2.45) is 29.6 Å². The van der Waals surface area contributed by atoms with Gasteiger partial charge in [-0.25, -0.2) is 0 Å². The predicted molar refractivity (Wildman–Crippen MR) is 163 cm³/mol. The third-order valence-electron chi connectivity index (χ3n) is 9.37. The number of rotatable bonds is 27. The molecule has 0 nitrogen and oxygen atoms in total. The highest BCUT2D eigenvalue weighted by molar-refractivity contribution is 4.81. The predicted octanol–water partition coefficient (Wildman–Crippen LogP) is 13.2. The maximum absolute atomic E-state index is 2.68. The van der Waals surface area contributed by atoms with Crippen LogP contribution in [0.15, 0.2) is 0 Å². The summed E-state index contributed by atoms with van der Waals surface area (Å²) < 4.78 is 0. The Morgan fingerprint density at radius 3 is 1.00 bits per heavy atom. The summed E-state index contributed by atoms with van der Waals surface area (Å²) >= 11 is 0. The molecule has 35 heavy (non-hydrogen) atoms. The van der Waals surface area contributed by atoms with Crippen LogP contribution >= 0.6 is 0 Å². The molecule has 0 amide bonds. The fourth-order valence-electron chi connectivity index (χ4n) is 6.79.